The first-order valence-electron chi connectivity index (χ1n) is 11.6. The van der Waals surface area contributed by atoms with Gasteiger partial charge in [0, 0.05) is 11.7 Å². The number of hydrogen-bond donors (Lipinski definition) is 1. The number of esters is 1. The highest BCUT2D eigenvalue weighted by Crippen LogP contribution is 2.45. The summed E-state index contributed by atoms with van der Waals surface area (Å²) in [5, 5.41) is 5.74. The predicted molar refractivity (Wildman–Crippen MR) is 135 cm³/mol. The molecule has 1 aliphatic carbocycles. The molecule has 0 radical (unpaired) electrons. The lowest BCUT2D eigenvalue weighted by molar-refractivity contribution is -0.141. The Bertz CT molecular complexity index is 1230. The Labute approximate surface area is 208 Å². The fourth-order valence-electron chi connectivity index (χ4n) is 4.23. The van der Waals surface area contributed by atoms with Crippen molar-refractivity contribution in [2.75, 3.05) is 7.11 Å². The van der Waals surface area contributed by atoms with Crippen molar-refractivity contribution in [3.8, 4) is 5.75 Å². The Morgan fingerprint density at radius 2 is 1.94 bits per heavy atom. The van der Waals surface area contributed by atoms with Gasteiger partial charge >= 0.3 is 5.97 Å². The second kappa shape index (κ2) is 10.00. The number of fused-ring (bicyclic) bond motifs is 1. The van der Waals surface area contributed by atoms with E-state index in [2.05, 4.69) is 5.32 Å². The van der Waals surface area contributed by atoms with Crippen LogP contribution in [0.4, 0.5) is 0 Å². The highest BCUT2D eigenvalue weighted by atomic mass is 32.2. The number of thioether (sulfide) groups is 1. The van der Waals surface area contributed by atoms with Crippen molar-refractivity contribution in [3.63, 3.8) is 0 Å². The molecule has 2 aromatic rings. The third-order valence-corrected chi connectivity index (χ3v) is 7.02. The Balaban J connectivity index is 1.47. The van der Waals surface area contributed by atoms with E-state index in [-0.39, 0.29) is 25.0 Å². The van der Waals surface area contributed by atoms with E-state index < -0.39 is 12.0 Å². The van der Waals surface area contributed by atoms with Crippen molar-refractivity contribution in [2.24, 2.45) is 4.99 Å². The molecule has 2 aromatic carbocycles. The lowest BCUT2D eigenvalue weighted by Gasteiger charge is -2.36. The number of allylic oxidation sites excluding steroid dienone is 1. The van der Waals surface area contributed by atoms with Crippen LogP contribution in [0.2, 0.25) is 0 Å². The highest BCUT2D eigenvalue weighted by molar-refractivity contribution is 8.16. The zero-order valence-electron chi connectivity index (χ0n) is 19.7. The first-order chi connectivity index (χ1) is 17.0. The van der Waals surface area contributed by atoms with Gasteiger partial charge in [-0.3, -0.25) is 4.79 Å². The third-order valence-electron chi connectivity index (χ3n) is 6.13. The topological polar surface area (TPSA) is 80.2 Å². The van der Waals surface area contributed by atoms with Gasteiger partial charge in [0.1, 0.15) is 12.4 Å². The quantitative estimate of drug-likeness (QED) is 0.543. The van der Waals surface area contributed by atoms with Gasteiger partial charge in [-0.25, -0.2) is 9.79 Å². The van der Waals surface area contributed by atoms with Crippen molar-refractivity contribution in [2.45, 2.75) is 44.9 Å². The molecule has 180 valence electrons. The van der Waals surface area contributed by atoms with Crippen LogP contribution < -0.4 is 10.1 Å². The normalized spacial score (nSPS) is 19.0. The minimum Gasteiger partial charge on any atom is -0.497 e. The van der Waals surface area contributed by atoms with Crippen molar-refractivity contribution in [3.05, 3.63) is 88.1 Å². The van der Waals surface area contributed by atoms with Gasteiger partial charge < -0.3 is 19.7 Å². The number of ether oxygens (including phenoxy) is 2. The van der Waals surface area contributed by atoms with Crippen LogP contribution in [0, 0.1) is 0 Å². The Kier molecular flexibility index (Phi) is 6.63. The zero-order chi connectivity index (χ0) is 24.4. The molecular weight excluding hydrogens is 462 g/mol. The van der Waals surface area contributed by atoms with E-state index in [4.69, 9.17) is 14.5 Å². The Hall–Kier alpha value is -3.52. The van der Waals surface area contributed by atoms with Crippen LogP contribution in [-0.2, 0) is 20.9 Å². The number of carbonyl (C=O) groups excluding carboxylic acids is 2. The molecule has 1 fully saturated rings. The molecule has 1 N–H and O–H groups in total. The number of aliphatic imine (C=N–C) groups is 1. The number of rotatable bonds is 8. The predicted octanol–water partition coefficient (Wildman–Crippen LogP) is 4.68. The summed E-state index contributed by atoms with van der Waals surface area (Å²) in [7, 11) is 1.61. The van der Waals surface area contributed by atoms with Gasteiger partial charge in [-0.05, 0) is 48.4 Å². The van der Waals surface area contributed by atoms with E-state index in [1.54, 1.807) is 7.11 Å². The summed E-state index contributed by atoms with van der Waals surface area (Å²) >= 11 is 1.46. The highest BCUT2D eigenvalue weighted by Gasteiger charge is 2.41. The molecule has 5 rings (SSSR count). The number of nitrogens with one attached hydrogen (secondary N) is 1. The molecule has 1 amide bonds. The van der Waals surface area contributed by atoms with Gasteiger partial charge in [-0.2, -0.15) is 0 Å². The summed E-state index contributed by atoms with van der Waals surface area (Å²) < 4.78 is 11.2. The molecule has 0 saturated heterocycles. The maximum absolute atomic E-state index is 13.5. The molecule has 0 aromatic heterocycles. The molecule has 1 unspecified atom stereocenters. The lowest BCUT2D eigenvalue weighted by atomic mass is 9.93. The number of hydrogen-bond acceptors (Lipinski definition) is 7. The zero-order valence-corrected chi connectivity index (χ0v) is 20.5. The summed E-state index contributed by atoms with van der Waals surface area (Å²) in [5.74, 6) is 0.232. The van der Waals surface area contributed by atoms with E-state index in [9.17, 15) is 9.59 Å². The summed E-state index contributed by atoms with van der Waals surface area (Å²) in [5.41, 5.74) is 3.63. The molecule has 2 aliphatic heterocycles. The first kappa shape index (κ1) is 23.2. The molecule has 8 heteroatoms. The second-order valence-corrected chi connectivity index (χ2v) is 9.59. The maximum atomic E-state index is 13.5. The van der Waals surface area contributed by atoms with Gasteiger partial charge in [0.25, 0.3) is 0 Å². The molecule has 2 heterocycles. The van der Waals surface area contributed by atoms with Crippen LogP contribution in [0.5, 0.6) is 5.75 Å². The molecule has 0 spiro atoms. The van der Waals surface area contributed by atoms with Gasteiger partial charge in [0.05, 0.1) is 30.8 Å². The van der Waals surface area contributed by atoms with Crippen LogP contribution >= 0.6 is 11.8 Å². The molecule has 1 atom stereocenters. The first-order valence-corrected chi connectivity index (χ1v) is 12.5. The van der Waals surface area contributed by atoms with E-state index in [1.807, 2.05) is 71.8 Å². The third kappa shape index (κ3) is 5.12. The van der Waals surface area contributed by atoms with Crippen molar-refractivity contribution in [1.82, 2.24) is 10.2 Å². The number of amides is 1. The summed E-state index contributed by atoms with van der Waals surface area (Å²) in [6.45, 7) is 1.99. The maximum Gasteiger partial charge on any atom is 0.338 e. The van der Waals surface area contributed by atoms with E-state index in [1.165, 1.54) is 11.8 Å². The standard InChI is InChI=1S/C27H27N3O4S/c1-17-24(26(32)34-15-18-7-4-3-5-8-18)25(19-9-6-10-22(13-19)33-2)30-21(16-35-27(30)28-17)14-23(31)29-20-11-12-20/h3-10,13,16,20,25H,11-12,14-15H2,1-2H3,(H,29,31). The van der Waals surface area contributed by atoms with Gasteiger partial charge in [0.2, 0.25) is 5.91 Å². The number of amidine groups is 1. The van der Waals surface area contributed by atoms with Crippen LogP contribution in [0.25, 0.3) is 0 Å². The minimum absolute atomic E-state index is 0.0236. The van der Waals surface area contributed by atoms with E-state index in [0.717, 1.165) is 34.8 Å². The molecule has 7 nitrogen and oxygen atoms in total. The molecule has 0 bridgehead atoms. The smallest absolute Gasteiger partial charge is 0.338 e. The fraction of sp³-hybridized carbons (Fsp3) is 0.296. The minimum atomic E-state index is -0.490. The molecular formula is C27H27N3O4S. The lowest BCUT2D eigenvalue weighted by Crippen LogP contribution is -2.38. The summed E-state index contributed by atoms with van der Waals surface area (Å²) in [6, 6.07) is 17.0. The van der Waals surface area contributed by atoms with Crippen molar-refractivity contribution < 1.29 is 19.1 Å². The van der Waals surface area contributed by atoms with Crippen LogP contribution in [0.3, 0.4) is 0 Å². The number of carbonyl (C=O) groups is 2. The number of methoxy groups -OCH3 is 1. The fourth-order valence-corrected chi connectivity index (χ4v) is 5.19. The van der Waals surface area contributed by atoms with Crippen molar-refractivity contribution >= 4 is 28.8 Å². The summed E-state index contributed by atoms with van der Waals surface area (Å²) in [6.07, 6.45) is 2.28. The average Bonchev–Trinajstić information content (AvgIpc) is 3.60. The Morgan fingerprint density at radius 3 is 2.69 bits per heavy atom. The average molecular weight is 490 g/mol. The number of benzene rings is 2. The van der Waals surface area contributed by atoms with Gasteiger partial charge in [-0.1, -0.05) is 54.2 Å². The summed E-state index contributed by atoms with van der Waals surface area (Å²) in [4.78, 5) is 32.8. The molecule has 3 aliphatic rings. The molecule has 1 saturated carbocycles. The van der Waals surface area contributed by atoms with Crippen LogP contribution in [-0.4, -0.2) is 35.1 Å². The van der Waals surface area contributed by atoms with Crippen LogP contribution in [0.1, 0.15) is 43.4 Å². The second-order valence-electron chi connectivity index (χ2n) is 8.75. The molecule has 35 heavy (non-hydrogen) atoms. The van der Waals surface area contributed by atoms with Crippen molar-refractivity contribution in [1.29, 1.82) is 0 Å². The monoisotopic (exact) mass is 489 g/mol. The van der Waals surface area contributed by atoms with E-state index >= 15 is 0 Å². The SMILES string of the molecule is COc1cccc(C2C(C(=O)OCc3ccccc3)=C(C)N=C3SC=C(CC(=O)NC4CC4)N32)c1. The largest absolute Gasteiger partial charge is 0.497 e. The van der Waals surface area contributed by atoms with Crippen LogP contribution in [0.15, 0.2) is 82.0 Å². The van der Waals surface area contributed by atoms with E-state index in [0.29, 0.717) is 17.0 Å². The number of nitrogens with zero attached hydrogens (tertiary/aromatic N) is 2. The van der Waals surface area contributed by atoms with Gasteiger partial charge in [-0.15, -0.1) is 0 Å². The van der Waals surface area contributed by atoms with Gasteiger partial charge in [0.15, 0.2) is 5.17 Å². The Morgan fingerprint density at radius 1 is 1.14 bits per heavy atom.